The number of hydrogen-bond acceptors (Lipinski definition) is 4. The van der Waals surface area contributed by atoms with Crippen LogP contribution in [0.15, 0.2) is 24.3 Å². The zero-order valence-corrected chi connectivity index (χ0v) is 11.9. The third-order valence-corrected chi connectivity index (χ3v) is 3.18. The second-order valence-corrected chi connectivity index (χ2v) is 4.72. The molecule has 0 aromatic heterocycles. The van der Waals surface area contributed by atoms with Crippen LogP contribution in [-0.2, 0) is 9.53 Å². The Labute approximate surface area is 119 Å². The number of anilines is 1. The van der Waals surface area contributed by atoms with Gasteiger partial charge in [-0.05, 0) is 31.9 Å². The van der Waals surface area contributed by atoms with Gasteiger partial charge in [0.2, 0.25) is 5.91 Å². The van der Waals surface area contributed by atoms with Crippen molar-refractivity contribution >= 4 is 11.6 Å². The van der Waals surface area contributed by atoms with Crippen molar-refractivity contribution in [2.24, 2.45) is 0 Å². The number of carbonyl (C=O) groups is 1. The highest BCUT2D eigenvalue weighted by atomic mass is 16.5. The smallest absolute Gasteiger partial charge is 0.239 e. The van der Waals surface area contributed by atoms with Crippen LogP contribution in [0.25, 0.3) is 0 Å². The lowest BCUT2D eigenvalue weighted by Crippen LogP contribution is -2.35. The number of rotatable bonds is 7. The molecule has 1 saturated heterocycles. The van der Waals surface area contributed by atoms with Gasteiger partial charge in [0.1, 0.15) is 5.75 Å². The van der Waals surface area contributed by atoms with Gasteiger partial charge < -0.3 is 20.1 Å². The molecule has 1 aliphatic heterocycles. The average molecular weight is 278 g/mol. The van der Waals surface area contributed by atoms with E-state index in [4.69, 9.17) is 9.47 Å². The minimum atomic E-state index is -0.0354. The van der Waals surface area contributed by atoms with Crippen molar-refractivity contribution < 1.29 is 14.3 Å². The Morgan fingerprint density at radius 1 is 1.45 bits per heavy atom. The van der Waals surface area contributed by atoms with Crippen LogP contribution < -0.4 is 15.4 Å². The predicted octanol–water partition coefficient (Wildman–Crippen LogP) is 1.79. The number of carbonyl (C=O) groups excluding carboxylic acids is 1. The van der Waals surface area contributed by atoms with Gasteiger partial charge in [-0.15, -0.1) is 0 Å². The zero-order chi connectivity index (χ0) is 14.2. The van der Waals surface area contributed by atoms with E-state index in [1.54, 1.807) is 0 Å². The Morgan fingerprint density at radius 3 is 3.05 bits per heavy atom. The molecule has 0 aliphatic carbocycles. The Hall–Kier alpha value is -1.75. The first-order valence-corrected chi connectivity index (χ1v) is 7.13. The summed E-state index contributed by atoms with van der Waals surface area (Å²) in [5, 5.41) is 5.97. The molecule has 1 amide bonds. The molecule has 1 fully saturated rings. The van der Waals surface area contributed by atoms with Crippen molar-refractivity contribution in [1.82, 2.24) is 5.32 Å². The number of hydrogen-bond donors (Lipinski definition) is 2. The fourth-order valence-corrected chi connectivity index (χ4v) is 2.17. The standard InChI is InChI=1S/C15H22N2O3/c1-2-19-14-8-4-3-7-13(14)16-11-15(18)17-10-12-6-5-9-20-12/h3-4,7-8,12,16H,2,5-6,9-11H2,1H3,(H,17,18). The number of amides is 1. The molecule has 5 nitrogen and oxygen atoms in total. The molecule has 1 aromatic rings. The Kier molecular flexibility index (Phi) is 5.68. The molecule has 20 heavy (non-hydrogen) atoms. The molecular formula is C15H22N2O3. The van der Waals surface area contributed by atoms with Crippen LogP contribution in [0.1, 0.15) is 19.8 Å². The molecule has 2 rings (SSSR count). The molecule has 0 bridgehead atoms. The zero-order valence-electron chi connectivity index (χ0n) is 11.9. The summed E-state index contributed by atoms with van der Waals surface area (Å²) >= 11 is 0. The molecule has 0 saturated carbocycles. The molecular weight excluding hydrogens is 256 g/mol. The summed E-state index contributed by atoms with van der Waals surface area (Å²) in [5.74, 6) is 0.730. The molecule has 1 aliphatic rings. The van der Waals surface area contributed by atoms with Gasteiger partial charge in [-0.1, -0.05) is 12.1 Å². The van der Waals surface area contributed by atoms with Crippen molar-refractivity contribution in [2.45, 2.75) is 25.9 Å². The lowest BCUT2D eigenvalue weighted by Gasteiger charge is -2.13. The topological polar surface area (TPSA) is 59.6 Å². The maximum absolute atomic E-state index is 11.8. The highest BCUT2D eigenvalue weighted by Gasteiger charge is 2.16. The summed E-state index contributed by atoms with van der Waals surface area (Å²) in [6.07, 6.45) is 2.29. The normalized spacial score (nSPS) is 17.8. The van der Waals surface area contributed by atoms with Gasteiger partial charge in [-0.25, -0.2) is 0 Å². The van der Waals surface area contributed by atoms with Gasteiger partial charge in [-0.3, -0.25) is 4.79 Å². The minimum absolute atomic E-state index is 0.0354. The summed E-state index contributed by atoms with van der Waals surface area (Å²) in [4.78, 5) is 11.8. The second-order valence-electron chi connectivity index (χ2n) is 4.72. The fourth-order valence-electron chi connectivity index (χ4n) is 2.17. The quantitative estimate of drug-likeness (QED) is 0.798. The molecule has 1 aromatic carbocycles. The monoisotopic (exact) mass is 278 g/mol. The van der Waals surface area contributed by atoms with Crippen LogP contribution in [0.5, 0.6) is 5.75 Å². The van der Waals surface area contributed by atoms with E-state index in [1.807, 2.05) is 31.2 Å². The van der Waals surface area contributed by atoms with E-state index in [0.29, 0.717) is 13.2 Å². The van der Waals surface area contributed by atoms with E-state index in [2.05, 4.69) is 10.6 Å². The van der Waals surface area contributed by atoms with Gasteiger partial charge in [0, 0.05) is 13.2 Å². The Bertz CT molecular complexity index is 431. The average Bonchev–Trinajstić information content (AvgIpc) is 2.98. The summed E-state index contributed by atoms with van der Waals surface area (Å²) in [6.45, 7) is 4.17. The van der Waals surface area contributed by atoms with Gasteiger partial charge in [-0.2, -0.15) is 0 Å². The molecule has 1 atom stereocenters. The largest absolute Gasteiger partial charge is 0.492 e. The number of nitrogens with one attached hydrogen (secondary N) is 2. The molecule has 110 valence electrons. The van der Waals surface area contributed by atoms with Crippen LogP contribution in [0, 0.1) is 0 Å². The van der Waals surface area contributed by atoms with E-state index < -0.39 is 0 Å². The van der Waals surface area contributed by atoms with Crippen molar-refractivity contribution in [3.63, 3.8) is 0 Å². The summed E-state index contributed by atoms with van der Waals surface area (Å²) in [7, 11) is 0. The molecule has 2 N–H and O–H groups in total. The SMILES string of the molecule is CCOc1ccccc1NCC(=O)NCC1CCCO1. The first-order chi connectivity index (χ1) is 9.79. The van der Waals surface area contributed by atoms with Crippen LogP contribution in [0.4, 0.5) is 5.69 Å². The van der Waals surface area contributed by atoms with Gasteiger partial charge in [0.25, 0.3) is 0 Å². The van der Waals surface area contributed by atoms with Gasteiger partial charge in [0.05, 0.1) is 24.9 Å². The van der Waals surface area contributed by atoms with Gasteiger partial charge >= 0.3 is 0 Å². The lowest BCUT2D eigenvalue weighted by atomic mass is 10.2. The van der Waals surface area contributed by atoms with Crippen molar-refractivity contribution in [3.8, 4) is 5.75 Å². The second kappa shape index (κ2) is 7.75. The molecule has 0 radical (unpaired) electrons. The summed E-state index contributed by atoms with van der Waals surface area (Å²) < 4.78 is 11.0. The lowest BCUT2D eigenvalue weighted by molar-refractivity contribution is -0.119. The predicted molar refractivity (Wildman–Crippen MR) is 78.1 cm³/mol. The fraction of sp³-hybridized carbons (Fsp3) is 0.533. The van der Waals surface area contributed by atoms with E-state index in [-0.39, 0.29) is 18.6 Å². The first-order valence-electron chi connectivity index (χ1n) is 7.13. The third-order valence-electron chi connectivity index (χ3n) is 3.18. The van der Waals surface area contributed by atoms with Crippen molar-refractivity contribution in [3.05, 3.63) is 24.3 Å². The highest BCUT2D eigenvalue weighted by Crippen LogP contribution is 2.23. The van der Waals surface area contributed by atoms with Gasteiger partial charge in [0.15, 0.2) is 0 Å². The number of benzene rings is 1. The minimum Gasteiger partial charge on any atom is -0.492 e. The molecule has 1 heterocycles. The van der Waals surface area contributed by atoms with Crippen LogP contribution >= 0.6 is 0 Å². The maximum atomic E-state index is 11.8. The van der Waals surface area contributed by atoms with E-state index in [9.17, 15) is 4.79 Å². The Balaban J connectivity index is 1.74. The molecule has 5 heteroatoms. The van der Waals surface area contributed by atoms with E-state index >= 15 is 0 Å². The molecule has 1 unspecified atom stereocenters. The maximum Gasteiger partial charge on any atom is 0.239 e. The van der Waals surface area contributed by atoms with Crippen LogP contribution in [0.3, 0.4) is 0 Å². The van der Waals surface area contributed by atoms with Crippen LogP contribution in [0.2, 0.25) is 0 Å². The van der Waals surface area contributed by atoms with Crippen molar-refractivity contribution in [1.29, 1.82) is 0 Å². The number of para-hydroxylation sites is 2. The Morgan fingerprint density at radius 2 is 2.30 bits per heavy atom. The molecule has 0 spiro atoms. The first kappa shape index (κ1) is 14.7. The summed E-state index contributed by atoms with van der Waals surface area (Å²) in [6, 6.07) is 7.61. The highest BCUT2D eigenvalue weighted by molar-refractivity contribution is 5.81. The number of ether oxygens (including phenoxy) is 2. The van der Waals surface area contributed by atoms with Crippen molar-refractivity contribution in [2.75, 3.05) is 31.6 Å². The third kappa shape index (κ3) is 4.42. The van der Waals surface area contributed by atoms with Crippen LogP contribution in [-0.4, -0.2) is 38.3 Å². The summed E-state index contributed by atoms with van der Waals surface area (Å²) in [5.41, 5.74) is 0.835. The van der Waals surface area contributed by atoms with E-state index in [0.717, 1.165) is 30.9 Å². The van der Waals surface area contributed by atoms with E-state index in [1.165, 1.54) is 0 Å².